The van der Waals surface area contributed by atoms with Crippen molar-refractivity contribution >= 4 is 52.1 Å². The molecule has 11 nitrogen and oxygen atoms in total. The average Bonchev–Trinajstić information content (AvgIpc) is 2.73. The molecular weight excluding hydrogens is 426 g/mol. The maximum Gasteiger partial charge on any atom is 0.355 e. The second-order valence-electron chi connectivity index (χ2n) is 6.15. The van der Waals surface area contributed by atoms with Gasteiger partial charge in [-0.3, -0.25) is 30.6 Å². The molecule has 0 unspecified atom stereocenters. The van der Waals surface area contributed by atoms with Crippen LogP contribution in [0.5, 0.6) is 0 Å². The number of aromatic nitrogens is 2. The minimum absolute atomic E-state index is 0.0875. The van der Waals surface area contributed by atoms with Crippen molar-refractivity contribution < 1.29 is 14.5 Å². The summed E-state index contributed by atoms with van der Waals surface area (Å²) in [5.74, 6) is -1.05. The molecule has 0 saturated heterocycles. The second kappa shape index (κ2) is 9.50. The van der Waals surface area contributed by atoms with Crippen LogP contribution in [0, 0.1) is 10.1 Å². The van der Waals surface area contributed by atoms with E-state index in [0.29, 0.717) is 22.0 Å². The number of carbonyl (C=O) groups excluding carboxylic acids is 2. The summed E-state index contributed by atoms with van der Waals surface area (Å²) in [5.41, 5.74) is 5.70. The summed E-state index contributed by atoms with van der Waals surface area (Å²) in [6.07, 6.45) is 1.11. The van der Waals surface area contributed by atoms with E-state index in [1.54, 1.807) is 36.4 Å². The maximum atomic E-state index is 12.2. The van der Waals surface area contributed by atoms with E-state index >= 15 is 0 Å². The van der Waals surface area contributed by atoms with Crippen molar-refractivity contribution in [2.75, 3.05) is 16.1 Å². The van der Waals surface area contributed by atoms with Crippen molar-refractivity contribution in [3.8, 4) is 0 Å². The Bertz CT molecular complexity index is 1120. The average molecular weight is 442 g/mol. The molecular formula is C19H16ClN7O4. The second-order valence-corrected chi connectivity index (χ2v) is 6.58. The molecule has 0 fully saturated rings. The summed E-state index contributed by atoms with van der Waals surface area (Å²) in [6.45, 7) is 1.39. The lowest BCUT2D eigenvalue weighted by molar-refractivity contribution is -0.383. The van der Waals surface area contributed by atoms with Gasteiger partial charge in [-0.05, 0) is 48.5 Å². The molecule has 0 spiro atoms. The van der Waals surface area contributed by atoms with E-state index in [0.717, 1.165) is 6.33 Å². The molecule has 1 aromatic heterocycles. The van der Waals surface area contributed by atoms with E-state index in [9.17, 15) is 19.7 Å². The number of halogens is 1. The summed E-state index contributed by atoms with van der Waals surface area (Å²) >= 11 is 5.79. The first-order valence-electron chi connectivity index (χ1n) is 8.79. The molecule has 2 amide bonds. The molecule has 0 bridgehead atoms. The number of nitrogens with one attached hydrogen (secondary N) is 4. The monoisotopic (exact) mass is 441 g/mol. The molecule has 3 aromatic rings. The highest BCUT2D eigenvalue weighted by atomic mass is 35.5. The Labute approximate surface area is 181 Å². The summed E-state index contributed by atoms with van der Waals surface area (Å²) in [5, 5.41) is 17.5. The SMILES string of the molecule is CC(=O)Nc1ccc(Nc2ncnc(NNC(=O)c3ccc(Cl)cc3)c2[N+](=O)[O-])cc1. The van der Waals surface area contributed by atoms with Crippen LogP contribution in [0.4, 0.5) is 28.7 Å². The van der Waals surface area contributed by atoms with Gasteiger partial charge in [0.15, 0.2) is 0 Å². The van der Waals surface area contributed by atoms with Crippen LogP contribution in [-0.2, 0) is 4.79 Å². The predicted octanol–water partition coefficient (Wildman–Crippen LogP) is 3.50. The number of anilines is 4. The van der Waals surface area contributed by atoms with Crippen LogP contribution in [-0.4, -0.2) is 26.7 Å². The molecule has 31 heavy (non-hydrogen) atoms. The van der Waals surface area contributed by atoms with Gasteiger partial charge in [0.2, 0.25) is 17.5 Å². The first kappa shape index (κ1) is 21.5. The minimum atomic E-state index is -0.676. The van der Waals surface area contributed by atoms with Crippen molar-refractivity contribution in [3.63, 3.8) is 0 Å². The zero-order valence-electron chi connectivity index (χ0n) is 16.0. The Balaban J connectivity index is 1.77. The van der Waals surface area contributed by atoms with Gasteiger partial charge in [0, 0.05) is 28.9 Å². The molecule has 0 atom stereocenters. The predicted molar refractivity (Wildman–Crippen MR) is 115 cm³/mol. The Kier molecular flexibility index (Phi) is 6.58. The third-order valence-corrected chi connectivity index (χ3v) is 4.13. The van der Waals surface area contributed by atoms with Crippen LogP contribution < -0.4 is 21.5 Å². The van der Waals surface area contributed by atoms with Crippen molar-refractivity contribution in [2.24, 2.45) is 0 Å². The van der Waals surface area contributed by atoms with Gasteiger partial charge in [0.25, 0.3) is 5.91 Å². The maximum absolute atomic E-state index is 12.2. The van der Waals surface area contributed by atoms with Crippen LogP contribution in [0.1, 0.15) is 17.3 Å². The van der Waals surface area contributed by atoms with Crippen LogP contribution in [0.25, 0.3) is 0 Å². The fraction of sp³-hybridized carbons (Fsp3) is 0.0526. The molecule has 158 valence electrons. The zero-order valence-corrected chi connectivity index (χ0v) is 16.8. The topological polar surface area (TPSA) is 151 Å². The van der Waals surface area contributed by atoms with E-state index in [4.69, 9.17) is 11.6 Å². The summed E-state index contributed by atoms with van der Waals surface area (Å²) in [7, 11) is 0. The number of benzene rings is 2. The van der Waals surface area contributed by atoms with Gasteiger partial charge in [-0.25, -0.2) is 9.97 Å². The summed E-state index contributed by atoms with van der Waals surface area (Å²) in [6, 6.07) is 12.6. The molecule has 0 aliphatic carbocycles. The fourth-order valence-electron chi connectivity index (χ4n) is 2.50. The Morgan fingerprint density at radius 3 is 2.19 bits per heavy atom. The number of hydrogen-bond donors (Lipinski definition) is 4. The van der Waals surface area contributed by atoms with Gasteiger partial charge in [-0.2, -0.15) is 0 Å². The lowest BCUT2D eigenvalue weighted by Gasteiger charge is -2.11. The highest BCUT2D eigenvalue weighted by molar-refractivity contribution is 6.30. The first-order chi connectivity index (χ1) is 14.8. The van der Waals surface area contributed by atoms with Crippen LogP contribution in [0.3, 0.4) is 0 Å². The lowest BCUT2D eigenvalue weighted by Crippen LogP contribution is -2.30. The Hall–Kier alpha value is -4.25. The summed E-state index contributed by atoms with van der Waals surface area (Å²) in [4.78, 5) is 42.0. The highest BCUT2D eigenvalue weighted by Crippen LogP contribution is 2.31. The van der Waals surface area contributed by atoms with E-state index in [-0.39, 0.29) is 17.5 Å². The molecule has 0 aliphatic rings. The molecule has 3 rings (SSSR count). The van der Waals surface area contributed by atoms with Crippen LogP contribution in [0.2, 0.25) is 5.02 Å². The van der Waals surface area contributed by atoms with Crippen LogP contribution >= 0.6 is 11.6 Å². The number of carbonyl (C=O) groups is 2. The van der Waals surface area contributed by atoms with E-state index in [1.165, 1.54) is 19.1 Å². The van der Waals surface area contributed by atoms with E-state index < -0.39 is 16.5 Å². The van der Waals surface area contributed by atoms with Crippen molar-refractivity contribution in [1.29, 1.82) is 0 Å². The molecule has 2 aromatic carbocycles. The smallest absolute Gasteiger partial charge is 0.334 e. The Morgan fingerprint density at radius 1 is 0.968 bits per heavy atom. The molecule has 0 saturated carbocycles. The molecule has 12 heteroatoms. The largest absolute Gasteiger partial charge is 0.355 e. The van der Waals surface area contributed by atoms with Gasteiger partial charge < -0.3 is 10.6 Å². The van der Waals surface area contributed by atoms with Crippen molar-refractivity contribution in [1.82, 2.24) is 15.4 Å². The number of nitro groups is 1. The van der Waals surface area contributed by atoms with E-state index in [1.807, 2.05) is 0 Å². The van der Waals surface area contributed by atoms with Gasteiger partial charge in [0.05, 0.1) is 4.92 Å². The normalized spacial score (nSPS) is 10.1. The standard InChI is InChI=1S/C19H16ClN7O4/c1-11(28)23-14-6-8-15(9-7-14)24-17-16(27(30)31)18(22-10-21-17)25-26-19(29)12-2-4-13(20)5-3-12/h2-10H,1H3,(H,23,28)(H,26,29)(H2,21,22,24,25). The van der Waals surface area contributed by atoms with Gasteiger partial charge in [0.1, 0.15) is 6.33 Å². The fourth-order valence-corrected chi connectivity index (χ4v) is 2.63. The molecule has 0 radical (unpaired) electrons. The first-order valence-corrected chi connectivity index (χ1v) is 9.17. The van der Waals surface area contributed by atoms with Gasteiger partial charge in [-0.1, -0.05) is 11.6 Å². The number of nitrogens with zero attached hydrogens (tertiary/aromatic N) is 3. The third kappa shape index (κ3) is 5.64. The quantitative estimate of drug-likeness (QED) is 0.321. The van der Waals surface area contributed by atoms with Crippen molar-refractivity contribution in [3.05, 3.63) is 75.6 Å². The highest BCUT2D eigenvalue weighted by Gasteiger charge is 2.23. The van der Waals surface area contributed by atoms with E-state index in [2.05, 4.69) is 31.5 Å². The zero-order chi connectivity index (χ0) is 22.4. The summed E-state index contributed by atoms with van der Waals surface area (Å²) < 4.78 is 0. The molecule has 1 heterocycles. The number of amides is 2. The Morgan fingerprint density at radius 2 is 1.58 bits per heavy atom. The van der Waals surface area contributed by atoms with Crippen LogP contribution in [0.15, 0.2) is 54.9 Å². The number of rotatable bonds is 7. The number of hydrazine groups is 1. The van der Waals surface area contributed by atoms with Gasteiger partial charge >= 0.3 is 5.69 Å². The molecule has 0 aliphatic heterocycles. The third-order valence-electron chi connectivity index (χ3n) is 3.87. The number of hydrogen-bond acceptors (Lipinski definition) is 8. The minimum Gasteiger partial charge on any atom is -0.334 e. The van der Waals surface area contributed by atoms with Crippen molar-refractivity contribution in [2.45, 2.75) is 6.92 Å². The molecule has 4 N–H and O–H groups in total. The lowest BCUT2D eigenvalue weighted by atomic mass is 10.2. The van der Waals surface area contributed by atoms with Gasteiger partial charge in [-0.15, -0.1) is 0 Å².